The number of rotatable bonds is 2. The maximum absolute atomic E-state index is 5.82. The van der Waals surface area contributed by atoms with Crippen LogP contribution >= 0.6 is 0 Å². The van der Waals surface area contributed by atoms with Crippen LogP contribution in [0.5, 0.6) is 0 Å². The first kappa shape index (κ1) is 13.2. The third kappa shape index (κ3) is 2.84. The maximum atomic E-state index is 5.82. The van der Waals surface area contributed by atoms with Crippen LogP contribution < -0.4 is 11.5 Å². The first-order chi connectivity index (χ1) is 9.72. The molecule has 0 aromatic rings. The molecule has 4 nitrogen and oxygen atoms in total. The van der Waals surface area contributed by atoms with E-state index < -0.39 is 0 Å². The molecule has 3 aliphatic rings. The van der Waals surface area contributed by atoms with Gasteiger partial charge in [-0.05, 0) is 50.0 Å². The van der Waals surface area contributed by atoms with E-state index in [0.717, 1.165) is 63.3 Å². The largest absolute Gasteiger partial charge is 0.402 e. The highest BCUT2D eigenvalue weighted by Gasteiger charge is 2.21. The number of nitrogens with zero attached hydrogens (tertiary/aromatic N) is 2. The molecule has 3 rings (SSSR count). The molecule has 2 aliphatic carbocycles. The summed E-state index contributed by atoms with van der Waals surface area (Å²) in [4.78, 5) is 5.01. The van der Waals surface area contributed by atoms with Gasteiger partial charge in [-0.1, -0.05) is 0 Å². The Morgan fingerprint density at radius 3 is 1.30 bits per heavy atom. The van der Waals surface area contributed by atoms with Crippen molar-refractivity contribution in [2.24, 2.45) is 11.5 Å². The lowest BCUT2D eigenvalue weighted by Gasteiger charge is -2.40. The van der Waals surface area contributed by atoms with Crippen molar-refractivity contribution in [1.82, 2.24) is 9.80 Å². The SMILES string of the molecule is NC1=CC=C(N2CCN(C3=CC=C(N)CC3)CC2)CC1. The molecule has 1 heterocycles. The van der Waals surface area contributed by atoms with Crippen LogP contribution in [0.4, 0.5) is 0 Å². The Labute approximate surface area is 121 Å². The van der Waals surface area contributed by atoms with Gasteiger partial charge in [0.25, 0.3) is 0 Å². The number of hydrogen-bond acceptors (Lipinski definition) is 4. The molecule has 0 radical (unpaired) electrons. The zero-order valence-electron chi connectivity index (χ0n) is 12.0. The van der Waals surface area contributed by atoms with Gasteiger partial charge in [-0.3, -0.25) is 0 Å². The van der Waals surface area contributed by atoms with Gasteiger partial charge >= 0.3 is 0 Å². The third-order valence-electron chi connectivity index (χ3n) is 4.41. The van der Waals surface area contributed by atoms with Crippen molar-refractivity contribution in [2.45, 2.75) is 25.7 Å². The lowest BCUT2D eigenvalue weighted by molar-refractivity contribution is 0.183. The van der Waals surface area contributed by atoms with Gasteiger partial charge in [-0.25, -0.2) is 0 Å². The molecule has 108 valence electrons. The monoisotopic (exact) mass is 272 g/mol. The van der Waals surface area contributed by atoms with Crippen LogP contribution in [0.25, 0.3) is 0 Å². The first-order valence-electron chi connectivity index (χ1n) is 7.53. The van der Waals surface area contributed by atoms with Crippen molar-refractivity contribution in [2.75, 3.05) is 26.2 Å². The Morgan fingerprint density at radius 2 is 1.00 bits per heavy atom. The van der Waals surface area contributed by atoms with Gasteiger partial charge in [0, 0.05) is 49.0 Å². The van der Waals surface area contributed by atoms with Gasteiger partial charge in [0.2, 0.25) is 0 Å². The Morgan fingerprint density at radius 1 is 0.600 bits per heavy atom. The predicted molar refractivity (Wildman–Crippen MR) is 82.3 cm³/mol. The number of allylic oxidation sites excluding steroid dienone is 8. The molecule has 4 heteroatoms. The van der Waals surface area contributed by atoms with Crippen molar-refractivity contribution >= 4 is 0 Å². The minimum absolute atomic E-state index is 1.00. The van der Waals surface area contributed by atoms with Crippen molar-refractivity contribution in [1.29, 1.82) is 0 Å². The van der Waals surface area contributed by atoms with Crippen LogP contribution in [0.3, 0.4) is 0 Å². The Kier molecular flexibility index (Phi) is 3.72. The van der Waals surface area contributed by atoms with E-state index in [1.807, 2.05) is 0 Å². The fraction of sp³-hybridized carbons (Fsp3) is 0.500. The summed E-state index contributed by atoms with van der Waals surface area (Å²) in [5, 5.41) is 0. The number of nitrogens with two attached hydrogens (primary N) is 2. The molecular formula is C16H24N4. The molecule has 0 spiro atoms. The van der Waals surface area contributed by atoms with Crippen molar-refractivity contribution < 1.29 is 0 Å². The van der Waals surface area contributed by atoms with Crippen molar-refractivity contribution in [3.63, 3.8) is 0 Å². The minimum atomic E-state index is 1.00. The molecule has 0 saturated carbocycles. The second-order valence-corrected chi connectivity index (χ2v) is 5.77. The molecule has 20 heavy (non-hydrogen) atoms. The van der Waals surface area contributed by atoms with Crippen LogP contribution in [0.15, 0.2) is 47.1 Å². The van der Waals surface area contributed by atoms with Gasteiger partial charge < -0.3 is 21.3 Å². The summed E-state index contributed by atoms with van der Waals surface area (Å²) in [6.07, 6.45) is 12.7. The molecule has 1 saturated heterocycles. The average Bonchev–Trinajstić information content (AvgIpc) is 2.49. The Hall–Kier alpha value is -1.84. The van der Waals surface area contributed by atoms with Gasteiger partial charge in [0.15, 0.2) is 0 Å². The summed E-state index contributed by atoms with van der Waals surface area (Å²) in [5.74, 6) is 0. The standard InChI is InChI=1S/C16H24N4/c17-13-1-5-15(6-2-13)19-9-11-20(12-10-19)16-7-3-14(18)4-8-16/h1,3,5,7H,2,4,6,8-12,17-18H2. The molecule has 4 N–H and O–H groups in total. The molecule has 0 aromatic carbocycles. The predicted octanol–water partition coefficient (Wildman–Crippen LogP) is 1.64. The van der Waals surface area contributed by atoms with Gasteiger partial charge in [0.1, 0.15) is 0 Å². The zero-order chi connectivity index (χ0) is 13.9. The summed E-state index contributed by atoms with van der Waals surface area (Å²) in [6, 6.07) is 0. The van der Waals surface area contributed by atoms with E-state index in [1.165, 1.54) is 11.4 Å². The van der Waals surface area contributed by atoms with Crippen LogP contribution in [0, 0.1) is 0 Å². The molecule has 0 amide bonds. The van der Waals surface area contributed by atoms with E-state index in [0.29, 0.717) is 0 Å². The first-order valence-corrected chi connectivity index (χ1v) is 7.53. The van der Waals surface area contributed by atoms with Gasteiger partial charge in [-0.2, -0.15) is 0 Å². The molecule has 1 fully saturated rings. The molecule has 0 aromatic heterocycles. The van der Waals surface area contributed by atoms with E-state index in [9.17, 15) is 0 Å². The Bertz CT molecular complexity index is 445. The second kappa shape index (κ2) is 5.65. The molecule has 0 bridgehead atoms. The van der Waals surface area contributed by atoms with Crippen molar-refractivity contribution in [3.8, 4) is 0 Å². The summed E-state index contributed by atoms with van der Waals surface area (Å²) in [7, 11) is 0. The lowest BCUT2D eigenvalue weighted by atomic mass is 10.0. The van der Waals surface area contributed by atoms with E-state index in [2.05, 4.69) is 34.1 Å². The fourth-order valence-corrected chi connectivity index (χ4v) is 3.09. The van der Waals surface area contributed by atoms with Crippen LogP contribution in [-0.2, 0) is 0 Å². The highest BCUT2D eigenvalue weighted by molar-refractivity contribution is 5.24. The van der Waals surface area contributed by atoms with Crippen molar-refractivity contribution in [3.05, 3.63) is 47.1 Å². The van der Waals surface area contributed by atoms with Crippen LogP contribution in [0.2, 0.25) is 0 Å². The highest BCUT2D eigenvalue weighted by atomic mass is 15.3. The minimum Gasteiger partial charge on any atom is -0.402 e. The maximum Gasteiger partial charge on any atom is 0.0351 e. The molecule has 1 aliphatic heterocycles. The summed E-state index contributed by atoms with van der Waals surface area (Å²) in [5.41, 5.74) is 16.5. The Balaban J connectivity index is 1.58. The average molecular weight is 272 g/mol. The van der Waals surface area contributed by atoms with Crippen LogP contribution in [0.1, 0.15) is 25.7 Å². The lowest BCUT2D eigenvalue weighted by Crippen LogP contribution is -2.45. The molecular weight excluding hydrogens is 248 g/mol. The highest BCUT2D eigenvalue weighted by Crippen LogP contribution is 2.24. The summed E-state index contributed by atoms with van der Waals surface area (Å²) >= 11 is 0. The van der Waals surface area contributed by atoms with E-state index >= 15 is 0 Å². The third-order valence-corrected chi connectivity index (χ3v) is 4.41. The smallest absolute Gasteiger partial charge is 0.0351 e. The quantitative estimate of drug-likeness (QED) is 0.802. The molecule has 0 atom stereocenters. The van der Waals surface area contributed by atoms with Gasteiger partial charge in [-0.15, -0.1) is 0 Å². The number of hydrogen-bond donors (Lipinski definition) is 2. The van der Waals surface area contributed by atoms with E-state index in [4.69, 9.17) is 11.5 Å². The van der Waals surface area contributed by atoms with Gasteiger partial charge in [0.05, 0.1) is 0 Å². The normalized spacial score (nSPS) is 23.8. The fourth-order valence-electron chi connectivity index (χ4n) is 3.09. The van der Waals surface area contributed by atoms with E-state index in [-0.39, 0.29) is 0 Å². The van der Waals surface area contributed by atoms with E-state index in [1.54, 1.807) is 0 Å². The van der Waals surface area contributed by atoms with Crippen LogP contribution in [-0.4, -0.2) is 36.0 Å². The number of piperazine rings is 1. The topological polar surface area (TPSA) is 58.5 Å². The summed E-state index contributed by atoms with van der Waals surface area (Å²) < 4.78 is 0. The molecule has 0 unspecified atom stereocenters. The summed E-state index contributed by atoms with van der Waals surface area (Å²) in [6.45, 7) is 4.43. The zero-order valence-corrected chi connectivity index (χ0v) is 12.0. The second-order valence-electron chi connectivity index (χ2n) is 5.77.